The maximum atomic E-state index is 11.1. The molecule has 1 aromatic heterocycles. The summed E-state index contributed by atoms with van der Waals surface area (Å²) in [5.41, 5.74) is 0.594. The van der Waals surface area contributed by atoms with Gasteiger partial charge in [0.2, 0.25) is 0 Å². The molecule has 0 atom stereocenters. The first-order valence-corrected chi connectivity index (χ1v) is 6.08. The summed E-state index contributed by atoms with van der Waals surface area (Å²) in [6.45, 7) is 0. The topological polar surface area (TPSA) is 93.2 Å². The third-order valence-corrected chi connectivity index (χ3v) is 3.23. The number of carbonyl (C=O) groups excluding carboxylic acids is 1. The minimum Gasteiger partial charge on any atom is -0.543 e. The number of rotatable bonds is 4. The van der Waals surface area contributed by atoms with Crippen molar-refractivity contribution in [2.75, 3.05) is 0 Å². The van der Waals surface area contributed by atoms with Gasteiger partial charge in [-0.05, 0) is 24.1 Å². The Hall–Kier alpha value is -0.720. The predicted molar refractivity (Wildman–Crippen MR) is 68.6 cm³/mol. The Morgan fingerprint density at radius 1 is 1.30 bits per heavy atom. The molecule has 0 spiro atoms. The van der Waals surface area contributed by atoms with Crippen molar-refractivity contribution >= 4 is 46.0 Å². The van der Waals surface area contributed by atoms with Crippen LogP contribution >= 0.6 is 23.2 Å². The summed E-state index contributed by atoms with van der Waals surface area (Å²) >= 11 is 11.9. The first-order chi connectivity index (χ1) is 8.90. The van der Waals surface area contributed by atoms with E-state index in [1.54, 1.807) is 0 Å². The van der Waals surface area contributed by atoms with Crippen LogP contribution < -0.4 is 34.7 Å². The van der Waals surface area contributed by atoms with Crippen LogP contribution in [0, 0.1) is 0 Å². The van der Waals surface area contributed by atoms with Crippen LogP contribution in [0.15, 0.2) is 12.1 Å². The Kier molecular flexibility index (Phi) is 5.91. The molecule has 1 heterocycles. The van der Waals surface area contributed by atoms with Gasteiger partial charge in [-0.2, -0.15) is 0 Å². The Labute approximate surface area is 146 Å². The molecule has 1 aromatic carbocycles. The molecule has 2 rings (SSSR count). The first kappa shape index (κ1) is 17.3. The molecule has 0 saturated heterocycles. The number of nitrogens with one attached hydrogen (secondary N) is 1. The molecular weight excluding hydrogens is 316 g/mol. The van der Waals surface area contributed by atoms with Gasteiger partial charge in [-0.15, -0.1) is 0 Å². The van der Waals surface area contributed by atoms with E-state index in [-0.39, 0.29) is 53.1 Å². The molecule has 5 nitrogen and oxygen atoms in total. The Morgan fingerprint density at radius 2 is 1.95 bits per heavy atom. The van der Waals surface area contributed by atoms with Gasteiger partial charge < -0.3 is 20.0 Å². The van der Waals surface area contributed by atoms with Gasteiger partial charge >= 0.3 is 35.5 Å². The number of hydrogen-bond donors (Lipinski definition) is 2. The fraction of sp³-hybridized carbons (Fsp3) is 0.167. The van der Waals surface area contributed by atoms with Crippen molar-refractivity contribution < 1.29 is 49.4 Å². The van der Waals surface area contributed by atoms with Crippen molar-refractivity contribution in [1.82, 2.24) is 4.98 Å². The third kappa shape index (κ3) is 3.48. The maximum Gasteiger partial charge on any atom is 1.00 e. The van der Waals surface area contributed by atoms with E-state index in [4.69, 9.17) is 28.3 Å². The number of carbonyl (C=O) groups is 2. The van der Waals surface area contributed by atoms with Crippen LogP contribution in [0.5, 0.6) is 0 Å². The van der Waals surface area contributed by atoms with Gasteiger partial charge in [-0.3, -0.25) is 4.79 Å². The number of halogens is 2. The number of aromatic carboxylic acids is 1. The Balaban J connectivity index is 0.00000200. The summed E-state index contributed by atoms with van der Waals surface area (Å²) < 4.78 is 0. The fourth-order valence-corrected chi connectivity index (χ4v) is 2.58. The van der Waals surface area contributed by atoms with Crippen LogP contribution in [0.4, 0.5) is 0 Å². The second-order valence-corrected chi connectivity index (χ2v) is 4.81. The van der Waals surface area contributed by atoms with E-state index in [2.05, 4.69) is 4.98 Å². The smallest absolute Gasteiger partial charge is 0.543 e. The molecule has 2 N–H and O–H groups in total. The van der Waals surface area contributed by atoms with Crippen molar-refractivity contribution in [3.63, 3.8) is 0 Å². The van der Waals surface area contributed by atoms with E-state index in [1.807, 2.05) is 0 Å². The predicted octanol–water partition coefficient (Wildman–Crippen LogP) is -1.14. The second-order valence-electron chi connectivity index (χ2n) is 3.97. The third-order valence-electron chi connectivity index (χ3n) is 2.71. The summed E-state index contributed by atoms with van der Waals surface area (Å²) in [7, 11) is 0. The number of aryl methyl sites for hydroxylation is 1. The summed E-state index contributed by atoms with van der Waals surface area (Å²) in [6.07, 6.45) is -0.161. The van der Waals surface area contributed by atoms with E-state index in [9.17, 15) is 14.7 Å². The molecule has 0 aliphatic heterocycles. The quantitative estimate of drug-likeness (QED) is 0.695. The Bertz CT molecular complexity index is 684. The summed E-state index contributed by atoms with van der Waals surface area (Å²) in [5, 5.41) is 20.9. The number of aromatic amines is 1. The minimum absolute atomic E-state index is 0. The molecule has 8 heteroatoms. The van der Waals surface area contributed by atoms with Crippen molar-refractivity contribution in [3.05, 3.63) is 33.4 Å². The van der Waals surface area contributed by atoms with Gasteiger partial charge in [-0.1, -0.05) is 23.2 Å². The van der Waals surface area contributed by atoms with Gasteiger partial charge in [0.05, 0.1) is 16.7 Å². The average molecular weight is 324 g/mol. The van der Waals surface area contributed by atoms with Gasteiger partial charge in [0.1, 0.15) is 0 Å². The van der Waals surface area contributed by atoms with Gasteiger partial charge in [0.25, 0.3) is 0 Å². The van der Waals surface area contributed by atoms with Crippen molar-refractivity contribution in [1.29, 1.82) is 0 Å². The van der Waals surface area contributed by atoms with Crippen molar-refractivity contribution in [2.24, 2.45) is 0 Å². The standard InChI is InChI=1S/C12H9Cl2NO4.Na/c13-5-3-7(14)10-6(1-2-9(16)17)11(12(18)19)15-8(10)4-5;/h3-4,15H,1-2H2,(H,16,17)(H,18,19);/q;+1/p-1. The molecule has 0 bridgehead atoms. The number of aliphatic carboxylic acids is 1. The van der Waals surface area contributed by atoms with Crippen LogP contribution in [0.25, 0.3) is 10.9 Å². The van der Waals surface area contributed by atoms with Crippen LogP contribution in [-0.4, -0.2) is 22.0 Å². The van der Waals surface area contributed by atoms with Gasteiger partial charge in [-0.25, -0.2) is 0 Å². The van der Waals surface area contributed by atoms with Crippen LogP contribution in [0.1, 0.15) is 22.5 Å². The molecule has 0 fully saturated rings. The molecule has 0 aliphatic rings. The first-order valence-electron chi connectivity index (χ1n) is 5.33. The zero-order chi connectivity index (χ0) is 14.2. The summed E-state index contributed by atoms with van der Waals surface area (Å²) in [5.74, 6) is -2.44. The summed E-state index contributed by atoms with van der Waals surface area (Å²) in [6, 6.07) is 3.00. The van der Waals surface area contributed by atoms with E-state index < -0.39 is 11.9 Å². The molecule has 0 unspecified atom stereocenters. The monoisotopic (exact) mass is 323 g/mol. The number of benzene rings is 1. The van der Waals surface area contributed by atoms with Crippen LogP contribution in [-0.2, 0) is 11.2 Å². The number of aromatic nitrogens is 1. The van der Waals surface area contributed by atoms with Crippen LogP contribution in [0.3, 0.4) is 0 Å². The number of H-pyrrole nitrogens is 1. The maximum absolute atomic E-state index is 11.1. The van der Waals surface area contributed by atoms with Gasteiger partial charge in [0.15, 0.2) is 0 Å². The van der Waals surface area contributed by atoms with E-state index in [0.717, 1.165) is 0 Å². The molecular formula is C12H8Cl2NNaO4. The van der Waals surface area contributed by atoms with Crippen molar-refractivity contribution in [2.45, 2.75) is 12.8 Å². The zero-order valence-corrected chi connectivity index (χ0v) is 14.0. The molecule has 100 valence electrons. The number of carboxylic acid groups (broad SMARTS) is 2. The molecule has 0 amide bonds. The second kappa shape index (κ2) is 6.83. The largest absolute Gasteiger partial charge is 1.00 e. The molecule has 2 aromatic rings. The molecule has 0 radical (unpaired) electrons. The van der Waals surface area contributed by atoms with E-state index in [0.29, 0.717) is 21.5 Å². The van der Waals surface area contributed by atoms with E-state index in [1.165, 1.54) is 12.1 Å². The Morgan fingerprint density at radius 3 is 2.50 bits per heavy atom. The normalized spacial score (nSPS) is 10.3. The summed E-state index contributed by atoms with van der Waals surface area (Å²) in [4.78, 5) is 24.3. The number of fused-ring (bicyclic) bond motifs is 1. The van der Waals surface area contributed by atoms with Gasteiger partial charge in [0, 0.05) is 22.3 Å². The number of hydrogen-bond acceptors (Lipinski definition) is 3. The molecule has 0 aliphatic carbocycles. The van der Waals surface area contributed by atoms with Crippen LogP contribution in [0.2, 0.25) is 10.0 Å². The zero-order valence-electron chi connectivity index (χ0n) is 10.5. The minimum atomic E-state index is -1.41. The molecule has 20 heavy (non-hydrogen) atoms. The number of carboxylic acids is 2. The van der Waals surface area contributed by atoms with Crippen molar-refractivity contribution in [3.8, 4) is 0 Å². The van der Waals surface area contributed by atoms with E-state index >= 15 is 0 Å². The average Bonchev–Trinajstić information content (AvgIpc) is 2.64. The SMILES string of the molecule is O=C(O)CCc1c(C(=O)[O-])[nH]c2cc(Cl)cc(Cl)c12.[Na+]. The molecule has 0 saturated carbocycles. The fourth-order valence-electron chi connectivity index (χ4n) is 1.97.